The number of aromatic nitrogens is 3. The van der Waals surface area contributed by atoms with Gasteiger partial charge < -0.3 is 9.67 Å². The number of aliphatic hydroxyl groups excluding tert-OH is 1. The molecule has 1 aliphatic carbocycles. The van der Waals surface area contributed by atoms with E-state index >= 15 is 0 Å². The molecule has 0 aliphatic heterocycles. The van der Waals surface area contributed by atoms with Crippen molar-refractivity contribution in [1.82, 2.24) is 14.8 Å². The highest BCUT2D eigenvalue weighted by molar-refractivity contribution is 7.90. The molecule has 1 saturated carbocycles. The van der Waals surface area contributed by atoms with Crippen molar-refractivity contribution >= 4 is 9.84 Å². The zero-order valence-corrected chi connectivity index (χ0v) is 15.0. The van der Waals surface area contributed by atoms with Crippen LogP contribution in [0.1, 0.15) is 53.3 Å². The average Bonchev–Trinajstić information content (AvgIpc) is 3.22. The first-order valence-electron chi connectivity index (χ1n) is 8.12. The van der Waals surface area contributed by atoms with E-state index in [1.165, 1.54) is 0 Å². The Morgan fingerprint density at radius 1 is 1.17 bits per heavy atom. The van der Waals surface area contributed by atoms with Gasteiger partial charge in [-0.05, 0) is 39.2 Å². The summed E-state index contributed by atoms with van der Waals surface area (Å²) in [5.74, 6) is 0.721. The molecule has 0 bridgehead atoms. The molecule has 1 fully saturated rings. The van der Waals surface area contributed by atoms with Crippen LogP contribution in [0.15, 0.2) is 18.2 Å². The number of sulfone groups is 1. The summed E-state index contributed by atoms with van der Waals surface area (Å²) >= 11 is 0. The van der Waals surface area contributed by atoms with E-state index in [-0.39, 0.29) is 11.5 Å². The largest absolute Gasteiger partial charge is 0.387 e. The van der Waals surface area contributed by atoms with Crippen molar-refractivity contribution < 1.29 is 13.5 Å². The summed E-state index contributed by atoms with van der Waals surface area (Å²) in [7, 11) is -3.50. The zero-order valence-electron chi connectivity index (χ0n) is 14.2. The Kier molecular flexibility index (Phi) is 4.48. The lowest BCUT2D eigenvalue weighted by molar-refractivity contribution is 0.201. The maximum Gasteiger partial charge on any atom is 0.160 e. The van der Waals surface area contributed by atoms with Crippen LogP contribution < -0.4 is 0 Å². The van der Waals surface area contributed by atoms with Crippen molar-refractivity contribution in [2.45, 2.75) is 51.5 Å². The van der Waals surface area contributed by atoms with E-state index in [0.717, 1.165) is 29.8 Å². The van der Waals surface area contributed by atoms with Gasteiger partial charge >= 0.3 is 0 Å². The first-order valence-corrected chi connectivity index (χ1v) is 9.94. The molecule has 24 heavy (non-hydrogen) atoms. The van der Waals surface area contributed by atoms with Gasteiger partial charge in [-0.1, -0.05) is 29.3 Å². The van der Waals surface area contributed by atoms with Gasteiger partial charge in [-0.3, -0.25) is 0 Å². The minimum Gasteiger partial charge on any atom is -0.387 e. The highest BCUT2D eigenvalue weighted by Crippen LogP contribution is 2.36. The molecule has 0 saturated heterocycles. The van der Waals surface area contributed by atoms with Gasteiger partial charge in [-0.2, -0.15) is 0 Å². The summed E-state index contributed by atoms with van der Waals surface area (Å²) in [4.78, 5) is 0. The fraction of sp³-hybridized carbons (Fsp3) is 0.529. The number of nitrogens with zero attached hydrogens (tertiary/aromatic N) is 3. The molecule has 1 aromatic carbocycles. The molecule has 2 aromatic rings. The molecule has 1 N–H and O–H groups in total. The molecule has 1 atom stereocenters. The Hall–Kier alpha value is -1.73. The van der Waals surface area contributed by atoms with Crippen LogP contribution in [0.3, 0.4) is 0 Å². The van der Waals surface area contributed by atoms with Crippen LogP contribution in [0.25, 0.3) is 0 Å². The van der Waals surface area contributed by atoms with Crippen LogP contribution in [-0.4, -0.2) is 34.0 Å². The van der Waals surface area contributed by atoms with Crippen molar-refractivity contribution in [3.8, 4) is 0 Å². The van der Waals surface area contributed by atoms with Crippen LogP contribution in [0.2, 0.25) is 0 Å². The first kappa shape index (κ1) is 17.1. The van der Waals surface area contributed by atoms with E-state index in [2.05, 4.69) is 10.2 Å². The fourth-order valence-corrected chi connectivity index (χ4v) is 4.50. The Morgan fingerprint density at radius 2 is 1.79 bits per heavy atom. The molecular formula is C17H23N3O3S. The van der Waals surface area contributed by atoms with Crippen molar-refractivity contribution in [1.29, 1.82) is 0 Å². The molecule has 0 amide bonds. The van der Waals surface area contributed by atoms with Gasteiger partial charge in [0.25, 0.3) is 0 Å². The predicted octanol–water partition coefficient (Wildman–Crippen LogP) is 2.19. The lowest BCUT2D eigenvalue weighted by Crippen LogP contribution is -2.19. The number of rotatable bonds is 6. The minimum absolute atomic E-state index is 0.188. The molecule has 1 unspecified atom stereocenters. The Bertz CT molecular complexity index is 834. The number of benzene rings is 1. The van der Waals surface area contributed by atoms with Crippen molar-refractivity contribution in [2.24, 2.45) is 0 Å². The van der Waals surface area contributed by atoms with Gasteiger partial charge in [0.05, 0.1) is 11.9 Å². The van der Waals surface area contributed by atoms with E-state index < -0.39 is 15.9 Å². The third-order valence-electron chi connectivity index (χ3n) is 4.24. The standard InChI is InChI=1S/C17H23N3O3S/c1-11-6-12(2)8-14(7-11)16(21)9-24(22,23)10-17-19-18-13(3)20(17)15-4-5-15/h6-8,15-16,21H,4-5,9-10H2,1-3H3. The lowest BCUT2D eigenvalue weighted by Gasteiger charge is -2.14. The zero-order chi connectivity index (χ0) is 17.5. The summed E-state index contributed by atoms with van der Waals surface area (Å²) < 4.78 is 27.0. The highest BCUT2D eigenvalue weighted by atomic mass is 32.2. The molecule has 1 aromatic heterocycles. The fourth-order valence-electron chi connectivity index (χ4n) is 3.11. The number of hydrogen-bond acceptors (Lipinski definition) is 5. The molecule has 0 radical (unpaired) electrons. The van der Waals surface area contributed by atoms with Gasteiger partial charge in [0, 0.05) is 6.04 Å². The quantitative estimate of drug-likeness (QED) is 0.864. The van der Waals surface area contributed by atoms with Crippen molar-refractivity contribution in [3.05, 3.63) is 46.5 Å². The highest BCUT2D eigenvalue weighted by Gasteiger charge is 2.30. The van der Waals surface area contributed by atoms with Gasteiger partial charge in [0.1, 0.15) is 17.4 Å². The van der Waals surface area contributed by atoms with Gasteiger partial charge in [0.2, 0.25) is 0 Å². The smallest absolute Gasteiger partial charge is 0.160 e. The van der Waals surface area contributed by atoms with Gasteiger partial charge in [0.15, 0.2) is 9.84 Å². The van der Waals surface area contributed by atoms with Gasteiger partial charge in [-0.15, -0.1) is 10.2 Å². The van der Waals surface area contributed by atoms with Crippen LogP contribution in [0, 0.1) is 20.8 Å². The number of aliphatic hydroxyl groups is 1. The van der Waals surface area contributed by atoms with Crippen LogP contribution in [-0.2, 0) is 15.6 Å². The molecule has 3 rings (SSSR count). The first-order chi connectivity index (χ1) is 11.2. The third-order valence-corrected chi connectivity index (χ3v) is 5.76. The van der Waals surface area contributed by atoms with Gasteiger partial charge in [-0.25, -0.2) is 8.42 Å². The van der Waals surface area contributed by atoms with Crippen LogP contribution in [0.5, 0.6) is 0 Å². The molecule has 1 heterocycles. The monoisotopic (exact) mass is 349 g/mol. The second kappa shape index (κ2) is 6.29. The van der Waals surface area contributed by atoms with E-state index in [4.69, 9.17) is 0 Å². The molecule has 130 valence electrons. The molecule has 0 spiro atoms. The second-order valence-electron chi connectivity index (χ2n) is 6.76. The summed E-state index contributed by atoms with van der Waals surface area (Å²) in [6, 6.07) is 5.97. The summed E-state index contributed by atoms with van der Waals surface area (Å²) in [6.45, 7) is 5.70. The molecule has 1 aliphatic rings. The lowest BCUT2D eigenvalue weighted by atomic mass is 10.0. The predicted molar refractivity (Wildman–Crippen MR) is 91.4 cm³/mol. The Balaban J connectivity index is 1.76. The van der Waals surface area contributed by atoms with Crippen LogP contribution in [0.4, 0.5) is 0 Å². The van der Waals surface area contributed by atoms with E-state index in [9.17, 15) is 13.5 Å². The van der Waals surface area contributed by atoms with Crippen molar-refractivity contribution in [2.75, 3.05) is 5.75 Å². The summed E-state index contributed by atoms with van der Waals surface area (Å²) in [6.07, 6.45) is 1.04. The number of hydrogen-bond donors (Lipinski definition) is 1. The summed E-state index contributed by atoms with van der Waals surface area (Å²) in [5.41, 5.74) is 2.65. The SMILES string of the molecule is Cc1cc(C)cc(C(O)CS(=O)(=O)Cc2nnc(C)n2C2CC2)c1. The Morgan fingerprint density at radius 3 is 2.38 bits per heavy atom. The molecule has 6 nitrogen and oxygen atoms in total. The van der Waals surface area contributed by atoms with Crippen molar-refractivity contribution in [3.63, 3.8) is 0 Å². The summed E-state index contributed by atoms with van der Waals surface area (Å²) in [5, 5.41) is 18.4. The average molecular weight is 349 g/mol. The molecular weight excluding hydrogens is 326 g/mol. The normalized spacial score (nSPS) is 16.3. The topological polar surface area (TPSA) is 85.1 Å². The second-order valence-corrected chi connectivity index (χ2v) is 8.87. The van der Waals surface area contributed by atoms with E-state index in [0.29, 0.717) is 17.4 Å². The van der Waals surface area contributed by atoms with E-state index in [1.807, 2.05) is 43.5 Å². The van der Waals surface area contributed by atoms with E-state index in [1.54, 1.807) is 0 Å². The van der Waals surface area contributed by atoms with Crippen LogP contribution >= 0.6 is 0 Å². The number of aryl methyl sites for hydroxylation is 3. The molecule has 7 heteroatoms. The minimum atomic E-state index is -3.50. The Labute approximate surface area is 142 Å². The maximum absolute atomic E-state index is 12.5. The third kappa shape index (κ3) is 3.84. The maximum atomic E-state index is 12.5.